The summed E-state index contributed by atoms with van der Waals surface area (Å²) in [6.45, 7) is 1.89. The first kappa shape index (κ1) is 20.4. The summed E-state index contributed by atoms with van der Waals surface area (Å²) >= 11 is 3.54. The minimum absolute atomic E-state index is 0.210. The topological polar surface area (TPSA) is 30.5 Å². The molecule has 3 aromatic rings. The van der Waals surface area contributed by atoms with Gasteiger partial charge in [0.15, 0.2) is 11.5 Å². The van der Waals surface area contributed by atoms with E-state index in [4.69, 9.17) is 9.47 Å². The Morgan fingerprint density at radius 3 is 2.43 bits per heavy atom. The second kappa shape index (κ2) is 10.2. The molecule has 0 saturated carbocycles. The summed E-state index contributed by atoms with van der Waals surface area (Å²) < 4.78 is 25.6. The van der Waals surface area contributed by atoms with Crippen molar-refractivity contribution >= 4 is 15.9 Å². The van der Waals surface area contributed by atoms with Crippen LogP contribution in [0.4, 0.5) is 4.39 Å². The van der Waals surface area contributed by atoms with Gasteiger partial charge < -0.3 is 14.8 Å². The molecule has 1 N–H and O–H groups in total. The lowest BCUT2D eigenvalue weighted by Crippen LogP contribution is -2.17. The fourth-order valence-corrected chi connectivity index (χ4v) is 3.39. The molecule has 0 bridgehead atoms. The summed E-state index contributed by atoms with van der Waals surface area (Å²) in [4.78, 5) is 0. The minimum atomic E-state index is -0.210. The molecule has 0 spiro atoms. The van der Waals surface area contributed by atoms with Crippen LogP contribution in [-0.2, 0) is 19.6 Å². The molecule has 0 aromatic heterocycles. The van der Waals surface area contributed by atoms with E-state index in [0.717, 1.165) is 39.9 Å². The van der Waals surface area contributed by atoms with E-state index in [-0.39, 0.29) is 5.82 Å². The van der Waals surface area contributed by atoms with Crippen molar-refractivity contribution in [3.05, 3.63) is 93.7 Å². The Kier molecular flexibility index (Phi) is 7.46. The summed E-state index contributed by atoms with van der Waals surface area (Å²) in [6, 6.07) is 20.6. The average Bonchev–Trinajstić information content (AvgIpc) is 2.72. The van der Waals surface area contributed by atoms with Crippen molar-refractivity contribution in [1.29, 1.82) is 0 Å². The maximum absolute atomic E-state index is 13.0. The Hall–Kier alpha value is -2.37. The van der Waals surface area contributed by atoms with Crippen LogP contribution in [0.15, 0.2) is 71.2 Å². The zero-order valence-corrected chi connectivity index (χ0v) is 17.3. The van der Waals surface area contributed by atoms with Crippen LogP contribution >= 0.6 is 15.9 Å². The van der Waals surface area contributed by atoms with Gasteiger partial charge >= 0.3 is 0 Å². The lowest BCUT2D eigenvalue weighted by Gasteiger charge is -2.16. The molecule has 3 aromatic carbocycles. The van der Waals surface area contributed by atoms with Crippen molar-refractivity contribution in [3.63, 3.8) is 0 Å². The molecule has 0 heterocycles. The predicted molar refractivity (Wildman–Crippen MR) is 113 cm³/mol. The molecule has 0 radical (unpaired) electrons. The van der Waals surface area contributed by atoms with Gasteiger partial charge in [0.05, 0.1) is 7.11 Å². The zero-order valence-electron chi connectivity index (χ0n) is 15.8. The first-order valence-corrected chi connectivity index (χ1v) is 9.93. The molecule has 5 heteroatoms. The Bertz CT molecular complexity index is 885. The van der Waals surface area contributed by atoms with Gasteiger partial charge in [-0.3, -0.25) is 0 Å². The first-order valence-electron chi connectivity index (χ1n) is 9.14. The van der Waals surface area contributed by atoms with E-state index in [2.05, 4.69) is 21.2 Å². The molecular weight excluding hydrogens is 421 g/mol. The molecule has 0 aliphatic heterocycles. The average molecular weight is 444 g/mol. The Morgan fingerprint density at radius 2 is 1.71 bits per heavy atom. The number of nitrogens with one attached hydrogen (secondary N) is 1. The highest BCUT2D eigenvalue weighted by Gasteiger charge is 2.13. The number of hydrogen-bond donors (Lipinski definition) is 1. The molecule has 3 rings (SSSR count). The number of rotatable bonds is 9. The molecule has 0 aliphatic carbocycles. The van der Waals surface area contributed by atoms with Gasteiger partial charge in [-0.1, -0.05) is 58.4 Å². The summed E-state index contributed by atoms with van der Waals surface area (Å²) in [5.41, 5.74) is 3.21. The lowest BCUT2D eigenvalue weighted by atomic mass is 10.1. The normalized spacial score (nSPS) is 10.7. The van der Waals surface area contributed by atoms with E-state index in [0.29, 0.717) is 18.9 Å². The smallest absolute Gasteiger partial charge is 0.166 e. The minimum Gasteiger partial charge on any atom is -0.493 e. The zero-order chi connectivity index (χ0) is 19.8. The standard InChI is InChI=1S/C23H23BrFNO2/c1-27-22-14-20(24)13-19(23(22)28-16-18-5-3-2-4-6-18)15-26-12-11-17-7-9-21(25)10-8-17/h2-10,13-14,26H,11-12,15-16H2,1H3. The molecule has 0 fully saturated rings. The summed E-state index contributed by atoms with van der Waals surface area (Å²) in [6.07, 6.45) is 0.825. The number of benzene rings is 3. The van der Waals surface area contributed by atoms with E-state index in [1.807, 2.05) is 54.6 Å². The second-order valence-corrected chi connectivity index (χ2v) is 7.34. The van der Waals surface area contributed by atoms with Gasteiger partial charge in [-0.25, -0.2) is 4.39 Å². The number of methoxy groups -OCH3 is 1. The number of ether oxygens (including phenoxy) is 2. The predicted octanol–water partition coefficient (Wildman–Crippen LogP) is 5.51. The molecule has 0 unspecified atom stereocenters. The van der Waals surface area contributed by atoms with Crippen LogP contribution in [0.25, 0.3) is 0 Å². The van der Waals surface area contributed by atoms with Crippen LogP contribution < -0.4 is 14.8 Å². The third-order valence-electron chi connectivity index (χ3n) is 4.36. The Balaban J connectivity index is 1.64. The third-order valence-corrected chi connectivity index (χ3v) is 4.82. The van der Waals surface area contributed by atoms with E-state index in [1.165, 1.54) is 12.1 Å². The van der Waals surface area contributed by atoms with Gasteiger partial charge in [0.25, 0.3) is 0 Å². The lowest BCUT2D eigenvalue weighted by molar-refractivity contribution is 0.280. The van der Waals surface area contributed by atoms with Crippen molar-refractivity contribution in [2.75, 3.05) is 13.7 Å². The monoisotopic (exact) mass is 443 g/mol. The fraction of sp³-hybridized carbons (Fsp3) is 0.217. The second-order valence-electron chi connectivity index (χ2n) is 6.42. The van der Waals surface area contributed by atoms with Gasteiger partial charge in [-0.05, 0) is 48.4 Å². The van der Waals surface area contributed by atoms with Crippen LogP contribution in [-0.4, -0.2) is 13.7 Å². The number of hydrogen-bond acceptors (Lipinski definition) is 3. The van der Waals surface area contributed by atoms with Crippen LogP contribution in [0.1, 0.15) is 16.7 Å². The van der Waals surface area contributed by atoms with Gasteiger partial charge in [-0.15, -0.1) is 0 Å². The van der Waals surface area contributed by atoms with Crippen molar-refractivity contribution in [2.45, 2.75) is 19.6 Å². The quantitative estimate of drug-likeness (QED) is 0.442. The molecule has 28 heavy (non-hydrogen) atoms. The largest absolute Gasteiger partial charge is 0.493 e. The van der Waals surface area contributed by atoms with Crippen molar-refractivity contribution in [3.8, 4) is 11.5 Å². The molecule has 0 atom stereocenters. The van der Waals surface area contributed by atoms with E-state index in [1.54, 1.807) is 7.11 Å². The van der Waals surface area contributed by atoms with E-state index >= 15 is 0 Å². The summed E-state index contributed by atoms with van der Waals surface area (Å²) in [5, 5.41) is 3.43. The Morgan fingerprint density at radius 1 is 0.964 bits per heavy atom. The highest BCUT2D eigenvalue weighted by molar-refractivity contribution is 9.10. The van der Waals surface area contributed by atoms with Crippen LogP contribution in [0, 0.1) is 5.82 Å². The maximum atomic E-state index is 13.0. The first-order chi connectivity index (χ1) is 13.7. The fourth-order valence-electron chi connectivity index (χ4n) is 2.91. The summed E-state index contributed by atoms with van der Waals surface area (Å²) in [5.74, 6) is 1.22. The van der Waals surface area contributed by atoms with Crippen molar-refractivity contribution in [2.24, 2.45) is 0 Å². The van der Waals surface area contributed by atoms with E-state index in [9.17, 15) is 4.39 Å². The molecule has 0 aliphatic rings. The van der Waals surface area contributed by atoms with Gasteiger partial charge in [0.1, 0.15) is 12.4 Å². The SMILES string of the molecule is COc1cc(Br)cc(CNCCc2ccc(F)cc2)c1OCc1ccccc1. The van der Waals surface area contributed by atoms with Gasteiger partial charge in [0.2, 0.25) is 0 Å². The molecular formula is C23H23BrFNO2. The maximum Gasteiger partial charge on any atom is 0.166 e. The van der Waals surface area contributed by atoms with Crippen LogP contribution in [0.3, 0.4) is 0 Å². The molecule has 146 valence electrons. The molecule has 3 nitrogen and oxygen atoms in total. The number of halogens is 2. The molecule has 0 saturated heterocycles. The Labute approximate surface area is 173 Å². The van der Waals surface area contributed by atoms with Gasteiger partial charge in [0, 0.05) is 16.6 Å². The van der Waals surface area contributed by atoms with E-state index < -0.39 is 0 Å². The van der Waals surface area contributed by atoms with Crippen molar-refractivity contribution < 1.29 is 13.9 Å². The van der Waals surface area contributed by atoms with Crippen molar-refractivity contribution in [1.82, 2.24) is 5.32 Å². The third kappa shape index (κ3) is 5.81. The summed E-state index contributed by atoms with van der Waals surface area (Å²) in [7, 11) is 1.64. The highest BCUT2D eigenvalue weighted by Crippen LogP contribution is 2.35. The highest BCUT2D eigenvalue weighted by atomic mass is 79.9. The van der Waals surface area contributed by atoms with Crippen LogP contribution in [0.5, 0.6) is 11.5 Å². The van der Waals surface area contributed by atoms with Crippen LogP contribution in [0.2, 0.25) is 0 Å². The molecule has 0 amide bonds. The van der Waals surface area contributed by atoms with Gasteiger partial charge in [-0.2, -0.15) is 0 Å².